The van der Waals surface area contributed by atoms with Crippen molar-refractivity contribution in [2.24, 2.45) is 7.05 Å². The fraction of sp³-hybridized carbons (Fsp3) is 0.400. The van der Waals surface area contributed by atoms with Crippen LogP contribution in [0, 0.1) is 6.92 Å². The van der Waals surface area contributed by atoms with Gasteiger partial charge in [-0.05, 0) is 37.6 Å². The molecule has 0 spiro atoms. The standard InChI is InChI=1S/C15H18Cl3N3/c1-4-19-14(10-5-6-12(16)13(17)7-10)8-11-9(2)20-21(3)15(11)18/h5-7,14,19H,4,8H2,1-3H3. The van der Waals surface area contributed by atoms with Gasteiger partial charge in [0, 0.05) is 18.7 Å². The molecule has 0 aliphatic heterocycles. The van der Waals surface area contributed by atoms with Crippen molar-refractivity contribution in [1.29, 1.82) is 0 Å². The Bertz CT molecular complexity index is 637. The molecule has 2 rings (SSSR count). The zero-order chi connectivity index (χ0) is 15.6. The third-order valence-electron chi connectivity index (χ3n) is 3.47. The smallest absolute Gasteiger partial charge is 0.130 e. The van der Waals surface area contributed by atoms with Gasteiger partial charge in [0.2, 0.25) is 0 Å². The van der Waals surface area contributed by atoms with Crippen LogP contribution in [0.3, 0.4) is 0 Å². The number of benzene rings is 1. The summed E-state index contributed by atoms with van der Waals surface area (Å²) >= 11 is 18.4. The lowest BCUT2D eigenvalue weighted by Crippen LogP contribution is -2.23. The van der Waals surface area contributed by atoms with Crippen LogP contribution in [-0.4, -0.2) is 16.3 Å². The number of halogens is 3. The van der Waals surface area contributed by atoms with Crippen LogP contribution < -0.4 is 5.32 Å². The fourth-order valence-electron chi connectivity index (χ4n) is 2.39. The minimum atomic E-state index is 0.116. The van der Waals surface area contributed by atoms with E-state index in [0.29, 0.717) is 15.2 Å². The molecule has 1 unspecified atom stereocenters. The normalized spacial score (nSPS) is 12.7. The maximum atomic E-state index is 6.33. The predicted molar refractivity (Wildman–Crippen MR) is 89.5 cm³/mol. The van der Waals surface area contributed by atoms with E-state index in [1.54, 1.807) is 4.68 Å². The van der Waals surface area contributed by atoms with Crippen LogP contribution in [-0.2, 0) is 13.5 Å². The SMILES string of the molecule is CCNC(Cc1c(C)nn(C)c1Cl)c1ccc(Cl)c(Cl)c1. The first kappa shape index (κ1) is 16.6. The van der Waals surface area contributed by atoms with Crippen LogP contribution in [0.1, 0.15) is 29.8 Å². The molecule has 6 heteroatoms. The number of hydrogen-bond acceptors (Lipinski definition) is 2. The largest absolute Gasteiger partial charge is 0.310 e. The molecule has 0 saturated heterocycles. The molecular formula is C15H18Cl3N3. The summed E-state index contributed by atoms with van der Waals surface area (Å²) in [7, 11) is 1.85. The molecule has 0 aliphatic rings. The Morgan fingerprint density at radius 2 is 1.95 bits per heavy atom. The molecule has 1 N–H and O–H groups in total. The van der Waals surface area contributed by atoms with Crippen molar-refractivity contribution in [3.63, 3.8) is 0 Å². The average molecular weight is 347 g/mol. The minimum absolute atomic E-state index is 0.116. The topological polar surface area (TPSA) is 29.9 Å². The first-order valence-corrected chi connectivity index (χ1v) is 7.93. The maximum absolute atomic E-state index is 6.33. The molecule has 2 aromatic rings. The Labute approximate surface area is 140 Å². The number of aromatic nitrogens is 2. The zero-order valence-electron chi connectivity index (χ0n) is 12.3. The Balaban J connectivity index is 2.32. The van der Waals surface area contributed by atoms with E-state index in [1.807, 2.05) is 32.2 Å². The summed E-state index contributed by atoms with van der Waals surface area (Å²) in [6.45, 7) is 4.89. The predicted octanol–water partition coefficient (Wildman–Crippen LogP) is 4.58. The highest BCUT2D eigenvalue weighted by Gasteiger charge is 2.18. The van der Waals surface area contributed by atoms with Crippen molar-refractivity contribution in [3.05, 3.63) is 50.2 Å². The summed E-state index contributed by atoms with van der Waals surface area (Å²) in [6, 6.07) is 5.82. The first-order valence-electron chi connectivity index (χ1n) is 6.80. The Morgan fingerprint density at radius 1 is 1.24 bits per heavy atom. The molecule has 0 aliphatic carbocycles. The summed E-state index contributed by atoms with van der Waals surface area (Å²) in [5.41, 5.74) is 3.09. The van der Waals surface area contributed by atoms with E-state index < -0.39 is 0 Å². The van der Waals surface area contributed by atoms with Crippen molar-refractivity contribution in [1.82, 2.24) is 15.1 Å². The average Bonchev–Trinajstić information content (AvgIpc) is 2.68. The molecule has 1 aromatic carbocycles. The molecule has 0 bridgehead atoms. The molecule has 0 radical (unpaired) electrons. The van der Waals surface area contributed by atoms with Gasteiger partial charge in [0.05, 0.1) is 15.7 Å². The van der Waals surface area contributed by atoms with E-state index in [9.17, 15) is 0 Å². The summed E-state index contributed by atoms with van der Waals surface area (Å²) in [5.74, 6) is 0. The molecular weight excluding hydrogens is 329 g/mol. The second-order valence-corrected chi connectivity index (χ2v) is 6.14. The highest BCUT2D eigenvalue weighted by molar-refractivity contribution is 6.42. The van der Waals surface area contributed by atoms with E-state index in [1.165, 1.54) is 0 Å². The van der Waals surface area contributed by atoms with Crippen LogP contribution >= 0.6 is 34.8 Å². The van der Waals surface area contributed by atoms with Crippen molar-refractivity contribution >= 4 is 34.8 Å². The monoisotopic (exact) mass is 345 g/mol. The van der Waals surface area contributed by atoms with E-state index in [0.717, 1.165) is 29.8 Å². The lowest BCUT2D eigenvalue weighted by atomic mass is 9.99. The molecule has 0 saturated carbocycles. The van der Waals surface area contributed by atoms with E-state index in [4.69, 9.17) is 34.8 Å². The fourth-order valence-corrected chi connectivity index (χ4v) is 2.95. The van der Waals surface area contributed by atoms with Gasteiger partial charge in [-0.1, -0.05) is 47.8 Å². The van der Waals surface area contributed by atoms with Gasteiger partial charge in [-0.15, -0.1) is 0 Å². The van der Waals surface area contributed by atoms with Crippen LogP contribution in [0.25, 0.3) is 0 Å². The molecule has 0 amide bonds. The third kappa shape index (κ3) is 3.72. The number of likely N-dealkylation sites (N-methyl/N-ethyl adjacent to an activating group) is 1. The van der Waals surface area contributed by atoms with Crippen LogP contribution in [0.4, 0.5) is 0 Å². The molecule has 3 nitrogen and oxygen atoms in total. The molecule has 21 heavy (non-hydrogen) atoms. The highest BCUT2D eigenvalue weighted by Crippen LogP contribution is 2.29. The number of nitrogens with one attached hydrogen (secondary N) is 1. The van der Waals surface area contributed by atoms with Gasteiger partial charge in [-0.25, -0.2) is 0 Å². The van der Waals surface area contributed by atoms with Gasteiger partial charge in [0.15, 0.2) is 0 Å². The lowest BCUT2D eigenvalue weighted by molar-refractivity contribution is 0.549. The molecule has 1 heterocycles. The van der Waals surface area contributed by atoms with Crippen LogP contribution in [0.15, 0.2) is 18.2 Å². The van der Waals surface area contributed by atoms with Crippen molar-refractivity contribution < 1.29 is 0 Å². The lowest BCUT2D eigenvalue weighted by Gasteiger charge is -2.19. The van der Waals surface area contributed by atoms with Gasteiger partial charge in [0.1, 0.15) is 5.15 Å². The first-order chi connectivity index (χ1) is 9.93. The van der Waals surface area contributed by atoms with Crippen LogP contribution in [0.5, 0.6) is 0 Å². The maximum Gasteiger partial charge on any atom is 0.130 e. The van der Waals surface area contributed by atoms with Gasteiger partial charge in [-0.3, -0.25) is 4.68 Å². The Hall–Kier alpha value is -0.740. The summed E-state index contributed by atoms with van der Waals surface area (Å²) < 4.78 is 1.70. The molecule has 1 atom stereocenters. The second kappa shape index (κ2) is 7.01. The highest BCUT2D eigenvalue weighted by atomic mass is 35.5. The number of aryl methyl sites for hydroxylation is 2. The van der Waals surface area contributed by atoms with Gasteiger partial charge in [-0.2, -0.15) is 5.10 Å². The van der Waals surface area contributed by atoms with E-state index >= 15 is 0 Å². The second-order valence-electron chi connectivity index (χ2n) is 4.97. The summed E-state index contributed by atoms with van der Waals surface area (Å²) in [6.07, 6.45) is 0.754. The Morgan fingerprint density at radius 3 is 2.48 bits per heavy atom. The summed E-state index contributed by atoms with van der Waals surface area (Å²) in [5, 5.41) is 9.62. The Kier molecular flexibility index (Phi) is 5.55. The van der Waals surface area contributed by atoms with Crippen molar-refractivity contribution in [3.8, 4) is 0 Å². The zero-order valence-corrected chi connectivity index (χ0v) is 14.5. The number of rotatable bonds is 5. The van der Waals surface area contributed by atoms with Crippen LogP contribution in [0.2, 0.25) is 15.2 Å². The van der Waals surface area contributed by atoms with Crippen molar-refractivity contribution in [2.45, 2.75) is 26.3 Å². The van der Waals surface area contributed by atoms with E-state index in [-0.39, 0.29) is 6.04 Å². The van der Waals surface area contributed by atoms with E-state index in [2.05, 4.69) is 17.3 Å². The number of hydrogen-bond donors (Lipinski definition) is 1. The quantitative estimate of drug-likeness (QED) is 0.858. The minimum Gasteiger partial charge on any atom is -0.310 e. The van der Waals surface area contributed by atoms with Gasteiger partial charge < -0.3 is 5.32 Å². The summed E-state index contributed by atoms with van der Waals surface area (Å²) in [4.78, 5) is 0. The molecule has 1 aromatic heterocycles. The van der Waals surface area contributed by atoms with Crippen molar-refractivity contribution in [2.75, 3.05) is 6.54 Å². The third-order valence-corrected chi connectivity index (χ3v) is 4.69. The molecule has 0 fully saturated rings. The molecule has 114 valence electrons. The van der Waals surface area contributed by atoms with Gasteiger partial charge in [0.25, 0.3) is 0 Å². The van der Waals surface area contributed by atoms with Gasteiger partial charge >= 0.3 is 0 Å². The number of nitrogens with zero attached hydrogens (tertiary/aromatic N) is 2.